The van der Waals surface area contributed by atoms with Gasteiger partial charge in [0.25, 0.3) is 0 Å². The van der Waals surface area contributed by atoms with E-state index in [1.807, 2.05) is 6.07 Å². The second-order valence-electron chi connectivity index (χ2n) is 13.0. The maximum atomic E-state index is 10.6. The molecule has 1 unspecified atom stereocenters. The van der Waals surface area contributed by atoms with Gasteiger partial charge >= 0.3 is 6.01 Å². The van der Waals surface area contributed by atoms with Gasteiger partial charge < -0.3 is 20.5 Å². The van der Waals surface area contributed by atoms with Crippen LogP contribution in [0.2, 0.25) is 0 Å². The number of nitrogen functional groups attached to an aromatic ring is 1. The van der Waals surface area contributed by atoms with Crippen molar-refractivity contribution in [3.8, 4) is 23.5 Å². The first-order valence-electron chi connectivity index (χ1n) is 15.2. The SMILES string of the molecule is C[C@H](Oc1nc(-c2cc(C3(C)CCCc4sc(N)c(C#N)c43)sn2)cc(N2C[C@@H]3C[C@H](C2)[C@H](O)C3)n1)[C@@H]1CCCN1C. The van der Waals surface area contributed by atoms with Gasteiger partial charge in [0.2, 0.25) is 0 Å². The highest BCUT2D eigenvalue weighted by Crippen LogP contribution is 2.50. The Morgan fingerprint density at radius 1 is 1.21 bits per heavy atom. The molecule has 2 aliphatic heterocycles. The number of aryl methyl sites for hydroxylation is 1. The maximum Gasteiger partial charge on any atom is 0.319 e. The van der Waals surface area contributed by atoms with Crippen molar-refractivity contribution >= 4 is 33.7 Å². The Hall–Kier alpha value is -2.78. The van der Waals surface area contributed by atoms with Crippen molar-refractivity contribution in [2.75, 3.05) is 37.3 Å². The summed E-state index contributed by atoms with van der Waals surface area (Å²) in [4.78, 5) is 16.8. The van der Waals surface area contributed by atoms with Gasteiger partial charge in [0.05, 0.1) is 17.4 Å². The monoisotopic (exact) mass is 605 g/mol. The van der Waals surface area contributed by atoms with Crippen LogP contribution in [0, 0.1) is 23.2 Å². The van der Waals surface area contributed by atoms with E-state index in [4.69, 9.17) is 24.8 Å². The summed E-state index contributed by atoms with van der Waals surface area (Å²) in [6.07, 6.45) is 6.90. The molecule has 0 spiro atoms. The molecule has 3 aromatic rings. The predicted octanol–water partition coefficient (Wildman–Crippen LogP) is 4.83. The molecule has 6 atom stereocenters. The van der Waals surface area contributed by atoms with Crippen LogP contribution in [-0.4, -0.2) is 69.3 Å². The fourth-order valence-corrected chi connectivity index (χ4v) is 10.1. The van der Waals surface area contributed by atoms with Gasteiger partial charge in [0.1, 0.15) is 28.7 Å². The van der Waals surface area contributed by atoms with E-state index in [1.165, 1.54) is 22.8 Å². The van der Waals surface area contributed by atoms with Crippen LogP contribution in [-0.2, 0) is 11.8 Å². The number of likely N-dealkylation sites (N-methyl/N-ethyl adjacent to an activating group) is 1. The first-order valence-corrected chi connectivity index (χ1v) is 16.8. The molecule has 2 bridgehead atoms. The average molecular weight is 606 g/mol. The van der Waals surface area contributed by atoms with E-state index in [2.05, 4.69) is 42.8 Å². The topological polar surface area (TPSA) is 124 Å². The molecule has 2 saturated heterocycles. The van der Waals surface area contributed by atoms with E-state index < -0.39 is 0 Å². The Labute approximate surface area is 255 Å². The Morgan fingerprint density at radius 3 is 2.83 bits per heavy atom. The molecule has 3 N–H and O–H groups in total. The molecule has 3 fully saturated rings. The van der Waals surface area contributed by atoms with Crippen LogP contribution in [0.15, 0.2) is 12.1 Å². The Bertz CT molecular complexity index is 1530. The lowest BCUT2D eigenvalue weighted by molar-refractivity contribution is 0.112. The molecule has 0 amide bonds. The fraction of sp³-hybridized carbons (Fsp3) is 0.613. The molecule has 9 nitrogen and oxygen atoms in total. The molecule has 3 aromatic heterocycles. The summed E-state index contributed by atoms with van der Waals surface area (Å²) >= 11 is 3.04. The van der Waals surface area contributed by atoms with Crippen molar-refractivity contribution in [3.05, 3.63) is 33.0 Å². The Balaban J connectivity index is 1.25. The quantitative estimate of drug-likeness (QED) is 0.407. The van der Waals surface area contributed by atoms with E-state index in [9.17, 15) is 10.4 Å². The van der Waals surface area contributed by atoms with E-state index in [-0.39, 0.29) is 23.5 Å². The summed E-state index contributed by atoms with van der Waals surface area (Å²) in [7, 11) is 2.15. The lowest BCUT2D eigenvalue weighted by Crippen LogP contribution is -2.39. The number of rotatable bonds is 6. The number of ether oxygens (including phenoxy) is 1. The number of nitriles is 1. The second-order valence-corrected chi connectivity index (χ2v) is 14.9. The van der Waals surface area contributed by atoms with Gasteiger partial charge in [-0.1, -0.05) is 6.92 Å². The smallest absolute Gasteiger partial charge is 0.319 e. The summed E-state index contributed by atoms with van der Waals surface area (Å²) in [5.74, 6) is 1.59. The largest absolute Gasteiger partial charge is 0.459 e. The number of hydrogen-bond acceptors (Lipinski definition) is 11. The van der Waals surface area contributed by atoms with E-state index in [0.29, 0.717) is 28.5 Å². The molecule has 0 aromatic carbocycles. The minimum absolute atomic E-state index is 0.0426. The number of anilines is 2. The van der Waals surface area contributed by atoms with Crippen LogP contribution in [0.1, 0.15) is 73.3 Å². The van der Waals surface area contributed by atoms with Crippen LogP contribution in [0.4, 0.5) is 10.8 Å². The lowest BCUT2D eigenvalue weighted by atomic mass is 9.71. The van der Waals surface area contributed by atoms with Gasteiger partial charge in [0.15, 0.2) is 0 Å². The first-order chi connectivity index (χ1) is 20.2. The summed E-state index contributed by atoms with van der Waals surface area (Å²) in [5, 5.41) is 21.1. The number of aliphatic hydroxyl groups is 1. The van der Waals surface area contributed by atoms with Crippen molar-refractivity contribution in [2.45, 2.75) is 82.5 Å². The third kappa shape index (κ3) is 4.77. The van der Waals surface area contributed by atoms with Gasteiger partial charge in [-0.2, -0.15) is 19.6 Å². The van der Waals surface area contributed by atoms with Crippen molar-refractivity contribution < 1.29 is 9.84 Å². The molecule has 1 saturated carbocycles. The third-order valence-corrected chi connectivity index (χ3v) is 12.3. The minimum Gasteiger partial charge on any atom is -0.459 e. The second kappa shape index (κ2) is 10.7. The van der Waals surface area contributed by atoms with E-state index in [1.54, 1.807) is 11.3 Å². The van der Waals surface area contributed by atoms with Crippen LogP contribution < -0.4 is 15.4 Å². The molecule has 7 rings (SSSR count). The number of nitrogens with zero attached hydrogens (tertiary/aromatic N) is 6. The molecule has 222 valence electrons. The number of aliphatic hydroxyl groups excluding tert-OH is 1. The number of likely N-dealkylation sites (tertiary alicyclic amines) is 1. The number of thiophene rings is 1. The minimum atomic E-state index is -0.318. The number of piperidine rings is 1. The molecule has 11 heteroatoms. The van der Waals surface area contributed by atoms with Crippen molar-refractivity contribution in [2.24, 2.45) is 11.8 Å². The summed E-state index contributed by atoms with van der Waals surface area (Å²) < 4.78 is 11.4. The normalized spacial score (nSPS) is 29.8. The van der Waals surface area contributed by atoms with Gasteiger partial charge in [-0.05, 0) is 94.5 Å². The van der Waals surface area contributed by atoms with Crippen molar-refractivity contribution in [3.63, 3.8) is 0 Å². The first kappa shape index (κ1) is 28.0. The Morgan fingerprint density at radius 2 is 2.07 bits per heavy atom. The zero-order valence-electron chi connectivity index (χ0n) is 24.5. The predicted molar refractivity (Wildman–Crippen MR) is 166 cm³/mol. The number of aromatic nitrogens is 3. The van der Waals surface area contributed by atoms with E-state index in [0.717, 1.165) is 85.8 Å². The average Bonchev–Trinajstić information content (AvgIpc) is 3.75. The Kier molecular flexibility index (Phi) is 7.16. The molecule has 42 heavy (non-hydrogen) atoms. The molecular formula is C31H39N7O2S2. The number of hydrogen-bond donors (Lipinski definition) is 2. The van der Waals surface area contributed by atoms with Crippen molar-refractivity contribution in [1.82, 2.24) is 19.2 Å². The molecule has 2 aliphatic carbocycles. The van der Waals surface area contributed by atoms with Crippen LogP contribution in [0.5, 0.6) is 6.01 Å². The van der Waals surface area contributed by atoms with Crippen LogP contribution in [0.3, 0.4) is 0 Å². The van der Waals surface area contributed by atoms with Crippen LogP contribution in [0.25, 0.3) is 11.4 Å². The van der Waals surface area contributed by atoms with E-state index >= 15 is 0 Å². The maximum absolute atomic E-state index is 10.6. The summed E-state index contributed by atoms with van der Waals surface area (Å²) in [6, 6.07) is 7.27. The highest BCUT2D eigenvalue weighted by molar-refractivity contribution is 7.16. The van der Waals surface area contributed by atoms with Gasteiger partial charge in [0, 0.05) is 46.3 Å². The molecule has 4 aliphatic rings. The standard InChI is InChI=1S/C31H39N7O2S2/c1-17(23-6-5-9-37(23)3)40-30-34-21(13-27(35-30)38-15-18-10-19(16-38)24(39)11-18)22-12-26(42-36-22)31(2)8-4-7-25-28(31)20(14-32)29(33)41-25/h12-13,17-19,23-24,39H,4-11,15-16,33H2,1-3H3/t17-,18+,19+,23-,24+,31?/m0/s1. The summed E-state index contributed by atoms with van der Waals surface area (Å²) in [5.41, 5.74) is 9.21. The third-order valence-electron chi connectivity index (χ3n) is 10.2. The zero-order chi connectivity index (χ0) is 29.2. The van der Waals surface area contributed by atoms with Gasteiger partial charge in [-0.15, -0.1) is 11.3 Å². The highest BCUT2D eigenvalue weighted by atomic mass is 32.1. The zero-order valence-corrected chi connectivity index (χ0v) is 26.2. The lowest BCUT2D eigenvalue weighted by Gasteiger charge is -2.33. The van der Waals surface area contributed by atoms with Crippen LogP contribution >= 0.6 is 22.9 Å². The molecular weight excluding hydrogens is 567 g/mol. The number of fused-ring (bicyclic) bond motifs is 3. The summed E-state index contributed by atoms with van der Waals surface area (Å²) in [6.45, 7) is 7.08. The van der Waals surface area contributed by atoms with Gasteiger partial charge in [-0.25, -0.2) is 0 Å². The van der Waals surface area contributed by atoms with Gasteiger partial charge in [-0.3, -0.25) is 4.90 Å². The number of nitrogens with two attached hydrogens (primary N) is 1. The molecule has 0 radical (unpaired) electrons. The fourth-order valence-electron chi connectivity index (χ4n) is 7.95. The van der Waals surface area contributed by atoms with Crippen molar-refractivity contribution in [1.29, 1.82) is 5.26 Å². The highest BCUT2D eigenvalue weighted by Gasteiger charge is 2.41. The molecule has 5 heterocycles.